The standard InChI is InChI=1S/C12H23/c1-9-7-8-11(3,4)10(2)12(9,5)6/h7,9-10H,8H2,1-6H3. The largest absolute Gasteiger partial charge is 0.0617 e. The third-order valence-corrected chi connectivity index (χ3v) is 4.46. The predicted octanol–water partition coefficient (Wildman–Crippen LogP) is 3.92. The first-order valence-electron chi connectivity index (χ1n) is 5.12. The van der Waals surface area contributed by atoms with Crippen molar-refractivity contribution < 1.29 is 0 Å². The van der Waals surface area contributed by atoms with Gasteiger partial charge in [0.05, 0.1) is 0 Å². The topological polar surface area (TPSA) is 0 Å². The lowest BCUT2D eigenvalue weighted by atomic mass is 9.54. The highest BCUT2D eigenvalue weighted by Crippen LogP contribution is 2.52. The van der Waals surface area contributed by atoms with Crippen molar-refractivity contribution in [2.75, 3.05) is 0 Å². The molecule has 1 aliphatic rings. The Balaban J connectivity index is 2.86. The maximum atomic E-state index is 2.50. The maximum Gasteiger partial charge on any atom is -0.0295 e. The molecule has 2 unspecified atom stereocenters. The first-order valence-corrected chi connectivity index (χ1v) is 5.12. The van der Waals surface area contributed by atoms with E-state index in [1.54, 1.807) is 0 Å². The minimum absolute atomic E-state index is 0.474. The molecule has 0 aromatic heterocycles. The van der Waals surface area contributed by atoms with Crippen LogP contribution in [-0.2, 0) is 0 Å². The molecule has 0 aromatic rings. The molecule has 1 rings (SSSR count). The van der Waals surface area contributed by atoms with E-state index in [0.717, 1.165) is 11.8 Å². The Bertz CT molecular complexity index is 165. The van der Waals surface area contributed by atoms with Gasteiger partial charge in [-0.15, -0.1) is 0 Å². The van der Waals surface area contributed by atoms with Gasteiger partial charge in [-0.05, 0) is 35.5 Å². The molecule has 71 valence electrons. The van der Waals surface area contributed by atoms with Crippen LogP contribution in [0, 0.1) is 29.1 Å². The maximum absolute atomic E-state index is 2.50. The van der Waals surface area contributed by atoms with Gasteiger partial charge in [0.2, 0.25) is 0 Å². The summed E-state index contributed by atoms with van der Waals surface area (Å²) in [5.74, 6) is 1.57. The number of hydrogen-bond acceptors (Lipinski definition) is 0. The van der Waals surface area contributed by atoms with Gasteiger partial charge in [0.25, 0.3) is 0 Å². The van der Waals surface area contributed by atoms with Crippen LogP contribution in [0.3, 0.4) is 0 Å². The van der Waals surface area contributed by atoms with Crippen molar-refractivity contribution in [3.05, 3.63) is 6.42 Å². The van der Waals surface area contributed by atoms with E-state index in [4.69, 9.17) is 0 Å². The fourth-order valence-electron chi connectivity index (χ4n) is 2.36. The molecule has 0 aliphatic heterocycles. The minimum Gasteiger partial charge on any atom is -0.0617 e. The van der Waals surface area contributed by atoms with Crippen LogP contribution in [0.15, 0.2) is 0 Å². The quantitative estimate of drug-likeness (QED) is 0.513. The third-order valence-electron chi connectivity index (χ3n) is 4.46. The molecule has 2 atom stereocenters. The van der Waals surface area contributed by atoms with Gasteiger partial charge in [-0.1, -0.05) is 41.5 Å². The third kappa shape index (κ3) is 1.41. The molecule has 0 aromatic carbocycles. The lowest BCUT2D eigenvalue weighted by Crippen LogP contribution is -2.43. The fraction of sp³-hybridized carbons (Fsp3) is 0.917. The van der Waals surface area contributed by atoms with Crippen LogP contribution in [0.1, 0.15) is 48.0 Å². The first-order chi connectivity index (χ1) is 5.28. The molecule has 0 N–H and O–H groups in total. The van der Waals surface area contributed by atoms with Crippen LogP contribution in [0.25, 0.3) is 0 Å². The fourth-order valence-corrected chi connectivity index (χ4v) is 2.36. The molecule has 1 aliphatic carbocycles. The zero-order valence-corrected chi connectivity index (χ0v) is 9.44. The lowest BCUT2D eigenvalue weighted by molar-refractivity contribution is 0.0151. The molecule has 1 radical (unpaired) electrons. The van der Waals surface area contributed by atoms with Crippen LogP contribution < -0.4 is 0 Å². The van der Waals surface area contributed by atoms with Gasteiger partial charge in [-0.2, -0.15) is 0 Å². The Morgan fingerprint density at radius 3 is 2.00 bits per heavy atom. The highest BCUT2D eigenvalue weighted by molar-refractivity contribution is 5.01. The summed E-state index contributed by atoms with van der Waals surface area (Å²) in [5.41, 5.74) is 0.970. The van der Waals surface area contributed by atoms with Crippen molar-refractivity contribution in [1.29, 1.82) is 0 Å². The van der Waals surface area contributed by atoms with Crippen LogP contribution in [0.2, 0.25) is 0 Å². The van der Waals surface area contributed by atoms with E-state index in [9.17, 15) is 0 Å². The highest BCUT2D eigenvalue weighted by atomic mass is 14.5. The average molecular weight is 167 g/mol. The summed E-state index contributed by atoms with van der Waals surface area (Å²) in [4.78, 5) is 0. The van der Waals surface area contributed by atoms with E-state index in [1.165, 1.54) is 6.42 Å². The van der Waals surface area contributed by atoms with Gasteiger partial charge in [-0.25, -0.2) is 0 Å². The Kier molecular flexibility index (Phi) is 2.31. The molecule has 1 saturated carbocycles. The average Bonchev–Trinajstić information content (AvgIpc) is 1.96. The Morgan fingerprint density at radius 1 is 1.08 bits per heavy atom. The molecule has 1 fully saturated rings. The molecule has 0 bridgehead atoms. The van der Waals surface area contributed by atoms with Crippen molar-refractivity contribution in [3.8, 4) is 0 Å². The monoisotopic (exact) mass is 167 g/mol. The van der Waals surface area contributed by atoms with Crippen molar-refractivity contribution >= 4 is 0 Å². The molecule has 0 spiro atoms. The van der Waals surface area contributed by atoms with Gasteiger partial charge >= 0.3 is 0 Å². The second-order valence-electron chi connectivity index (χ2n) is 5.76. The molecular weight excluding hydrogens is 144 g/mol. The predicted molar refractivity (Wildman–Crippen MR) is 54.8 cm³/mol. The summed E-state index contributed by atoms with van der Waals surface area (Å²) in [5, 5.41) is 0. The van der Waals surface area contributed by atoms with Crippen LogP contribution in [0.5, 0.6) is 0 Å². The molecule has 0 amide bonds. The Labute approximate surface area is 77.7 Å². The van der Waals surface area contributed by atoms with Crippen molar-refractivity contribution in [3.63, 3.8) is 0 Å². The van der Waals surface area contributed by atoms with Gasteiger partial charge in [0.1, 0.15) is 0 Å². The van der Waals surface area contributed by atoms with Gasteiger partial charge in [0.15, 0.2) is 0 Å². The Morgan fingerprint density at radius 2 is 1.58 bits per heavy atom. The second-order valence-corrected chi connectivity index (χ2v) is 5.76. The molecule has 0 heteroatoms. The summed E-state index contributed by atoms with van der Waals surface area (Å²) < 4.78 is 0. The van der Waals surface area contributed by atoms with E-state index in [-0.39, 0.29) is 0 Å². The van der Waals surface area contributed by atoms with Crippen molar-refractivity contribution in [1.82, 2.24) is 0 Å². The molecule has 12 heavy (non-hydrogen) atoms. The molecular formula is C12H23. The van der Waals surface area contributed by atoms with E-state index in [2.05, 4.69) is 48.0 Å². The summed E-state index contributed by atoms with van der Waals surface area (Å²) in [6, 6.07) is 0. The summed E-state index contributed by atoms with van der Waals surface area (Å²) in [6.45, 7) is 14.3. The SMILES string of the molecule is CC1[CH]CC(C)(C)C(C)C1(C)C. The zero-order valence-electron chi connectivity index (χ0n) is 9.44. The zero-order chi connectivity index (χ0) is 9.57. The first kappa shape index (κ1) is 10.1. The van der Waals surface area contributed by atoms with E-state index >= 15 is 0 Å². The number of rotatable bonds is 0. The normalized spacial score (nSPS) is 39.5. The van der Waals surface area contributed by atoms with Crippen molar-refractivity contribution in [2.24, 2.45) is 22.7 Å². The van der Waals surface area contributed by atoms with E-state index in [1.807, 2.05) is 0 Å². The Hall–Kier alpha value is 0. The second kappa shape index (κ2) is 2.75. The smallest absolute Gasteiger partial charge is 0.0295 e. The lowest BCUT2D eigenvalue weighted by Gasteiger charge is -2.51. The van der Waals surface area contributed by atoms with Crippen LogP contribution in [-0.4, -0.2) is 0 Å². The van der Waals surface area contributed by atoms with E-state index in [0.29, 0.717) is 10.8 Å². The summed E-state index contributed by atoms with van der Waals surface area (Å²) >= 11 is 0. The van der Waals surface area contributed by atoms with Gasteiger partial charge < -0.3 is 0 Å². The summed E-state index contributed by atoms with van der Waals surface area (Å²) in [6.07, 6.45) is 3.78. The minimum atomic E-state index is 0.474. The molecule has 0 heterocycles. The van der Waals surface area contributed by atoms with Crippen LogP contribution >= 0.6 is 0 Å². The van der Waals surface area contributed by atoms with Gasteiger partial charge in [0, 0.05) is 0 Å². The van der Waals surface area contributed by atoms with E-state index < -0.39 is 0 Å². The van der Waals surface area contributed by atoms with Gasteiger partial charge in [-0.3, -0.25) is 0 Å². The molecule has 0 nitrogen and oxygen atoms in total. The van der Waals surface area contributed by atoms with Crippen LogP contribution in [0.4, 0.5) is 0 Å². The number of hydrogen-bond donors (Lipinski definition) is 0. The summed E-state index contributed by atoms with van der Waals surface area (Å²) in [7, 11) is 0. The van der Waals surface area contributed by atoms with Crippen molar-refractivity contribution in [2.45, 2.75) is 48.0 Å². The molecule has 0 saturated heterocycles. The highest BCUT2D eigenvalue weighted by Gasteiger charge is 2.44.